The van der Waals surface area contributed by atoms with Gasteiger partial charge in [0.1, 0.15) is 0 Å². The highest BCUT2D eigenvalue weighted by molar-refractivity contribution is 7.91. The third-order valence-corrected chi connectivity index (χ3v) is 7.33. The molecule has 8 nitrogen and oxygen atoms in total. The summed E-state index contributed by atoms with van der Waals surface area (Å²) in [7, 11) is -5.11. The Kier molecular flexibility index (Phi) is 5.70. The molecule has 0 bridgehead atoms. The van der Waals surface area contributed by atoms with Crippen LogP contribution in [0.1, 0.15) is 19.3 Å². The second-order valence-electron chi connectivity index (χ2n) is 6.25. The van der Waals surface area contributed by atoms with Gasteiger partial charge >= 0.3 is 0 Å². The fourth-order valence-corrected chi connectivity index (χ4v) is 5.44. The molecule has 0 aromatic heterocycles. The maximum atomic E-state index is 12.4. The summed E-state index contributed by atoms with van der Waals surface area (Å²) in [4.78, 5) is 13.7. The summed E-state index contributed by atoms with van der Waals surface area (Å²) in [6.45, 7) is 0.475. The molecule has 0 aromatic carbocycles. The molecule has 2 aliphatic heterocycles. The van der Waals surface area contributed by atoms with Crippen molar-refractivity contribution in [1.29, 1.82) is 0 Å². The minimum atomic E-state index is -3.54. The fraction of sp³-hybridized carbons (Fsp3) is 0.923. The molecule has 1 amide bonds. The molecule has 0 radical (unpaired) electrons. The van der Waals surface area contributed by atoms with E-state index in [0.29, 0.717) is 13.0 Å². The van der Waals surface area contributed by atoms with Gasteiger partial charge in [-0.3, -0.25) is 4.79 Å². The van der Waals surface area contributed by atoms with Crippen LogP contribution in [0, 0.1) is 0 Å². The summed E-state index contributed by atoms with van der Waals surface area (Å²) < 4.78 is 53.4. The maximum Gasteiger partial charge on any atom is 0.237 e. The van der Waals surface area contributed by atoms with Crippen LogP contribution in [0.25, 0.3) is 0 Å². The molecule has 2 saturated heterocycles. The molecule has 2 unspecified atom stereocenters. The first-order chi connectivity index (χ1) is 10.6. The van der Waals surface area contributed by atoms with E-state index in [9.17, 15) is 21.6 Å². The molecular weight excluding hydrogens is 344 g/mol. The standard InChI is InChI=1S/C13H24N2O6S2/c1-14(11-5-7-23(19,20)10-11)13(16)9-15(22(2,17)18)8-12-4-3-6-21-12/h11-12H,3-10H2,1-2H3. The van der Waals surface area contributed by atoms with E-state index >= 15 is 0 Å². The predicted molar refractivity (Wildman–Crippen MR) is 85.2 cm³/mol. The lowest BCUT2D eigenvalue weighted by Gasteiger charge is -2.28. The number of nitrogens with zero attached hydrogens (tertiary/aromatic N) is 2. The Hall–Kier alpha value is -0.710. The lowest BCUT2D eigenvalue weighted by atomic mass is 10.2. The minimum absolute atomic E-state index is 0.0557. The Morgan fingerprint density at radius 3 is 2.48 bits per heavy atom. The summed E-state index contributed by atoms with van der Waals surface area (Å²) in [5.74, 6) is -0.378. The Morgan fingerprint density at radius 1 is 1.30 bits per heavy atom. The van der Waals surface area contributed by atoms with Crippen LogP contribution in [-0.4, -0.2) is 88.6 Å². The average molecular weight is 368 g/mol. The van der Waals surface area contributed by atoms with Gasteiger partial charge in [-0.05, 0) is 19.3 Å². The van der Waals surface area contributed by atoms with Crippen LogP contribution < -0.4 is 0 Å². The zero-order valence-electron chi connectivity index (χ0n) is 13.5. The molecule has 0 saturated carbocycles. The van der Waals surface area contributed by atoms with Gasteiger partial charge in [-0.2, -0.15) is 4.31 Å². The molecule has 0 spiro atoms. The monoisotopic (exact) mass is 368 g/mol. The van der Waals surface area contributed by atoms with Gasteiger partial charge < -0.3 is 9.64 Å². The summed E-state index contributed by atoms with van der Waals surface area (Å²) >= 11 is 0. The van der Waals surface area contributed by atoms with Gasteiger partial charge in [0.05, 0.1) is 30.4 Å². The van der Waals surface area contributed by atoms with Crippen molar-refractivity contribution in [2.45, 2.75) is 31.4 Å². The van der Waals surface area contributed by atoms with E-state index in [0.717, 1.165) is 23.4 Å². The van der Waals surface area contributed by atoms with E-state index in [1.165, 1.54) is 11.9 Å². The Morgan fingerprint density at radius 2 is 2.00 bits per heavy atom. The number of hydrogen-bond donors (Lipinski definition) is 0. The summed E-state index contributed by atoms with van der Waals surface area (Å²) in [6.07, 6.45) is 2.94. The van der Waals surface area contributed by atoms with Crippen molar-refractivity contribution in [3.63, 3.8) is 0 Å². The lowest BCUT2D eigenvalue weighted by molar-refractivity contribution is -0.131. The minimum Gasteiger partial charge on any atom is -0.377 e. The van der Waals surface area contributed by atoms with Crippen molar-refractivity contribution in [3.8, 4) is 0 Å². The average Bonchev–Trinajstić information content (AvgIpc) is 3.05. The first-order valence-electron chi connectivity index (χ1n) is 7.61. The molecular formula is C13H24N2O6S2. The van der Waals surface area contributed by atoms with Crippen LogP contribution in [-0.2, 0) is 29.4 Å². The SMILES string of the molecule is CN(C(=O)CN(CC1CCCO1)S(C)(=O)=O)C1CCS(=O)(=O)C1. The second-order valence-corrected chi connectivity index (χ2v) is 10.5. The smallest absolute Gasteiger partial charge is 0.237 e. The first-order valence-corrected chi connectivity index (χ1v) is 11.3. The molecule has 0 aromatic rings. The van der Waals surface area contributed by atoms with Crippen LogP contribution in [0.15, 0.2) is 0 Å². The largest absolute Gasteiger partial charge is 0.377 e. The van der Waals surface area contributed by atoms with Gasteiger partial charge in [0, 0.05) is 26.2 Å². The highest BCUT2D eigenvalue weighted by Crippen LogP contribution is 2.18. The van der Waals surface area contributed by atoms with E-state index < -0.39 is 25.8 Å². The van der Waals surface area contributed by atoms with Gasteiger partial charge in [-0.15, -0.1) is 0 Å². The van der Waals surface area contributed by atoms with Crippen LogP contribution in [0.4, 0.5) is 0 Å². The van der Waals surface area contributed by atoms with Gasteiger partial charge in [0.15, 0.2) is 9.84 Å². The zero-order valence-corrected chi connectivity index (χ0v) is 15.1. The predicted octanol–water partition coefficient (Wildman–Crippen LogP) is -0.927. The number of sulfonamides is 1. The molecule has 10 heteroatoms. The zero-order chi connectivity index (χ0) is 17.3. The maximum absolute atomic E-state index is 12.4. The number of hydrogen-bond acceptors (Lipinski definition) is 6. The van der Waals surface area contributed by atoms with E-state index in [-0.39, 0.29) is 36.7 Å². The number of rotatable bonds is 6. The van der Waals surface area contributed by atoms with Gasteiger partial charge in [-0.1, -0.05) is 0 Å². The molecule has 0 N–H and O–H groups in total. The third-order valence-electron chi connectivity index (χ3n) is 4.36. The number of carbonyl (C=O) groups is 1. The Balaban J connectivity index is 1.99. The Labute approximate surface area is 137 Å². The molecule has 2 fully saturated rings. The summed E-state index contributed by atoms with van der Waals surface area (Å²) in [6, 6.07) is -0.378. The number of amides is 1. The van der Waals surface area contributed by atoms with Crippen LogP contribution >= 0.6 is 0 Å². The highest BCUT2D eigenvalue weighted by Gasteiger charge is 2.34. The second kappa shape index (κ2) is 7.04. The van der Waals surface area contributed by atoms with Crippen LogP contribution in [0.5, 0.6) is 0 Å². The Bertz CT molecular complexity index is 639. The molecule has 2 atom stereocenters. The number of ether oxygens (including phenoxy) is 1. The third kappa shape index (κ3) is 5.13. The van der Waals surface area contributed by atoms with Gasteiger partial charge in [0.25, 0.3) is 0 Å². The molecule has 2 aliphatic rings. The first kappa shape index (κ1) is 18.6. The van der Waals surface area contributed by atoms with Crippen molar-refractivity contribution >= 4 is 25.8 Å². The molecule has 2 heterocycles. The van der Waals surface area contributed by atoms with Gasteiger partial charge in [-0.25, -0.2) is 16.8 Å². The topological polar surface area (TPSA) is 101 Å². The quantitative estimate of drug-likeness (QED) is 0.600. The van der Waals surface area contributed by atoms with Crippen molar-refractivity contribution < 1.29 is 26.4 Å². The van der Waals surface area contributed by atoms with Crippen LogP contribution in [0.2, 0.25) is 0 Å². The lowest BCUT2D eigenvalue weighted by Crippen LogP contribution is -2.47. The van der Waals surface area contributed by atoms with Crippen molar-refractivity contribution in [1.82, 2.24) is 9.21 Å². The number of carbonyl (C=O) groups excluding carboxylic acids is 1. The number of likely N-dealkylation sites (N-methyl/N-ethyl adjacent to an activating group) is 1. The van der Waals surface area contributed by atoms with E-state index in [1.807, 2.05) is 0 Å². The fourth-order valence-electron chi connectivity index (χ4n) is 2.88. The van der Waals surface area contributed by atoms with Crippen LogP contribution in [0.3, 0.4) is 0 Å². The number of sulfone groups is 1. The molecule has 2 rings (SSSR count). The van der Waals surface area contributed by atoms with Crippen molar-refractivity contribution in [2.75, 3.05) is 44.5 Å². The van der Waals surface area contributed by atoms with Crippen molar-refractivity contribution in [2.24, 2.45) is 0 Å². The van der Waals surface area contributed by atoms with Crippen molar-refractivity contribution in [3.05, 3.63) is 0 Å². The van der Waals surface area contributed by atoms with E-state index in [2.05, 4.69) is 0 Å². The van der Waals surface area contributed by atoms with Gasteiger partial charge in [0.2, 0.25) is 15.9 Å². The van der Waals surface area contributed by atoms with E-state index in [1.54, 1.807) is 0 Å². The molecule has 0 aliphatic carbocycles. The normalized spacial score (nSPS) is 27.4. The highest BCUT2D eigenvalue weighted by atomic mass is 32.2. The summed E-state index contributed by atoms with van der Waals surface area (Å²) in [5, 5.41) is 0. The molecule has 23 heavy (non-hydrogen) atoms. The summed E-state index contributed by atoms with van der Waals surface area (Å²) in [5.41, 5.74) is 0. The van der Waals surface area contributed by atoms with E-state index in [4.69, 9.17) is 4.74 Å². The molecule has 134 valence electrons.